The fourth-order valence-electron chi connectivity index (χ4n) is 7.65. The summed E-state index contributed by atoms with van der Waals surface area (Å²) >= 11 is 0. The van der Waals surface area contributed by atoms with Gasteiger partial charge in [-0.25, -0.2) is 9.97 Å². The van der Waals surface area contributed by atoms with E-state index in [0.29, 0.717) is 24.4 Å². The number of ether oxygens (including phenoxy) is 5. The quantitative estimate of drug-likeness (QED) is 0.0728. The van der Waals surface area contributed by atoms with E-state index in [1.165, 1.54) is 21.1 Å². The van der Waals surface area contributed by atoms with Gasteiger partial charge in [-0.3, -0.25) is 9.59 Å². The van der Waals surface area contributed by atoms with Crippen LogP contribution in [0.1, 0.15) is 50.1 Å². The molecule has 0 radical (unpaired) electrons. The molecule has 8 N–H and O–H groups in total. The van der Waals surface area contributed by atoms with Crippen molar-refractivity contribution in [2.24, 2.45) is 0 Å². The number of pyridine rings is 1. The number of ketones is 1. The summed E-state index contributed by atoms with van der Waals surface area (Å²) in [5.41, 5.74) is 10.9. The first-order chi connectivity index (χ1) is 27.5. The first-order valence-electron chi connectivity index (χ1n) is 19.3. The zero-order chi connectivity index (χ0) is 40.8. The first-order valence-corrected chi connectivity index (χ1v) is 19.3. The average Bonchev–Trinajstić information content (AvgIpc) is 3.57. The highest BCUT2D eigenvalue weighted by atomic mass is 16.7. The van der Waals surface area contributed by atoms with Crippen LogP contribution in [0.4, 0.5) is 5.82 Å². The maximum Gasteiger partial charge on any atom is 0.217 e. The number of aromatic nitrogens is 3. The fraction of sp³-hybridized carbons (Fsp3) is 0.550. The maximum atomic E-state index is 13.6. The molecule has 0 spiro atoms. The highest BCUT2D eigenvalue weighted by Crippen LogP contribution is 2.32. The van der Waals surface area contributed by atoms with Crippen LogP contribution in [0, 0.1) is 0 Å². The highest BCUT2D eigenvalue weighted by Gasteiger charge is 2.53. The van der Waals surface area contributed by atoms with Crippen molar-refractivity contribution in [2.75, 3.05) is 33.1 Å². The van der Waals surface area contributed by atoms with E-state index in [2.05, 4.69) is 39.2 Å². The minimum atomic E-state index is -1.71. The van der Waals surface area contributed by atoms with E-state index in [4.69, 9.17) is 34.4 Å². The summed E-state index contributed by atoms with van der Waals surface area (Å²) in [4.78, 5) is 35.2. The van der Waals surface area contributed by atoms with Crippen LogP contribution in [-0.2, 0) is 52.8 Å². The summed E-state index contributed by atoms with van der Waals surface area (Å²) in [5, 5.41) is 49.7. The number of benzene rings is 2. The summed E-state index contributed by atoms with van der Waals surface area (Å²) in [6.07, 6.45) is -9.89. The molecular weight excluding hydrogens is 740 g/mol. The van der Waals surface area contributed by atoms with Crippen molar-refractivity contribution in [3.8, 4) is 0 Å². The molecule has 10 unspecified atom stereocenters. The van der Waals surface area contributed by atoms with Crippen molar-refractivity contribution < 1.29 is 53.7 Å². The number of imidazole rings is 1. The number of Topliss-reactive ketones (excluding diaryl/α,β-unsaturated/α-hetero) is 1. The van der Waals surface area contributed by atoms with Crippen molar-refractivity contribution in [3.63, 3.8) is 0 Å². The summed E-state index contributed by atoms with van der Waals surface area (Å²) in [5.74, 6) is 0.436. The lowest BCUT2D eigenvalue weighted by atomic mass is 9.93. The van der Waals surface area contributed by atoms with Gasteiger partial charge in [-0.05, 0) is 23.6 Å². The summed E-state index contributed by atoms with van der Waals surface area (Å²) in [6, 6.07) is 15.0. The second-order valence-electron chi connectivity index (χ2n) is 14.5. The van der Waals surface area contributed by atoms with Gasteiger partial charge in [-0.15, -0.1) is 0 Å². The third-order valence-corrected chi connectivity index (χ3v) is 10.5. The number of amides is 1. The van der Waals surface area contributed by atoms with E-state index < -0.39 is 79.6 Å². The molecule has 0 aliphatic carbocycles. The summed E-state index contributed by atoms with van der Waals surface area (Å²) in [6.45, 7) is 4.08. The number of aliphatic hydroxyl groups is 4. The van der Waals surface area contributed by atoms with Gasteiger partial charge in [0.2, 0.25) is 5.91 Å². The number of anilines is 1. The number of rotatable bonds is 17. The van der Waals surface area contributed by atoms with E-state index >= 15 is 0 Å². The zero-order valence-corrected chi connectivity index (χ0v) is 32.6. The maximum absolute atomic E-state index is 13.6. The number of para-hydroxylation sites is 1. The average molecular weight is 795 g/mol. The van der Waals surface area contributed by atoms with E-state index in [1.807, 2.05) is 36.4 Å². The molecule has 310 valence electrons. The van der Waals surface area contributed by atoms with Crippen molar-refractivity contribution in [3.05, 3.63) is 65.5 Å². The number of aryl methyl sites for hydroxylation is 1. The number of hydrogen-bond donors (Lipinski definition) is 7. The molecule has 2 saturated heterocycles. The molecule has 1 amide bonds. The van der Waals surface area contributed by atoms with Crippen LogP contribution in [0.5, 0.6) is 0 Å². The molecule has 0 saturated carbocycles. The van der Waals surface area contributed by atoms with Crippen LogP contribution in [0.2, 0.25) is 0 Å². The second kappa shape index (κ2) is 19.1. The van der Waals surface area contributed by atoms with Gasteiger partial charge in [-0.2, -0.15) is 0 Å². The molecule has 6 rings (SSSR count). The molecule has 10 atom stereocenters. The molecule has 2 aliphatic rings. The number of aliphatic hydroxyl groups excluding tert-OH is 4. The Morgan fingerprint density at radius 1 is 0.947 bits per heavy atom. The Bertz CT molecular complexity index is 2000. The van der Waals surface area contributed by atoms with Crippen LogP contribution < -0.4 is 16.4 Å². The van der Waals surface area contributed by atoms with Gasteiger partial charge in [0, 0.05) is 59.0 Å². The van der Waals surface area contributed by atoms with Crippen LogP contribution in [0.15, 0.2) is 48.5 Å². The van der Waals surface area contributed by atoms with Gasteiger partial charge in [0.15, 0.2) is 24.2 Å². The predicted octanol–water partition coefficient (Wildman–Crippen LogP) is 0.683. The standard InChI is InChI=1S/C40H54N6O11/c1-5-6-14-28-45-29-31(24-12-7-8-13-25(24)44-38(29)41)46(28)19-23-11-9-10-22(17-23)18-42-16-15-26(49)35-37(53-3)33(51)34(52)40(56-35)57-36-30(43-21(2)48)39(54-4)55-27(20-47)32(36)50/h7-13,17,27,30,32-37,39-40,42,47,50-52H,5-6,14-16,18-20H2,1-4H3,(H2,41,44)(H,43,48). The largest absolute Gasteiger partial charge is 0.394 e. The third-order valence-electron chi connectivity index (χ3n) is 10.5. The Morgan fingerprint density at radius 3 is 2.44 bits per heavy atom. The molecule has 4 aromatic rings. The number of carbonyl (C=O) groups excluding carboxylic acids is 2. The van der Waals surface area contributed by atoms with Crippen molar-refractivity contribution in [1.29, 1.82) is 0 Å². The number of methoxy groups -OCH3 is 2. The minimum absolute atomic E-state index is 0.0170. The Hall–Kier alpha value is -4.14. The Kier molecular flexibility index (Phi) is 14.2. The monoisotopic (exact) mass is 794 g/mol. The molecular formula is C40H54N6O11. The molecule has 4 heterocycles. The molecule has 17 heteroatoms. The number of nitrogens with zero attached hydrogens (tertiary/aromatic N) is 3. The number of nitrogens with two attached hydrogens (primary N) is 1. The van der Waals surface area contributed by atoms with Crippen molar-refractivity contribution >= 4 is 39.4 Å². The lowest BCUT2D eigenvalue weighted by molar-refractivity contribution is -0.338. The topological polar surface area (TPSA) is 242 Å². The van der Waals surface area contributed by atoms with Gasteiger partial charge in [-0.1, -0.05) is 55.8 Å². The van der Waals surface area contributed by atoms with Gasteiger partial charge >= 0.3 is 0 Å². The zero-order valence-electron chi connectivity index (χ0n) is 32.6. The third kappa shape index (κ3) is 9.28. The normalized spacial score (nSPS) is 27.9. The van der Waals surface area contributed by atoms with Crippen LogP contribution in [0.3, 0.4) is 0 Å². The smallest absolute Gasteiger partial charge is 0.217 e. The molecule has 57 heavy (non-hydrogen) atoms. The van der Waals surface area contributed by atoms with Gasteiger partial charge in [0.1, 0.15) is 60.1 Å². The summed E-state index contributed by atoms with van der Waals surface area (Å²) < 4.78 is 30.5. The number of unbranched alkanes of at least 4 members (excludes halogenated alkanes) is 1. The van der Waals surface area contributed by atoms with Crippen molar-refractivity contribution in [1.82, 2.24) is 25.2 Å². The molecule has 2 aromatic carbocycles. The first kappa shape index (κ1) is 42.5. The summed E-state index contributed by atoms with van der Waals surface area (Å²) in [7, 11) is 2.60. The van der Waals surface area contributed by atoms with E-state index in [1.54, 1.807) is 0 Å². The lowest BCUT2D eigenvalue weighted by Gasteiger charge is -2.47. The SMILES string of the molecule is CCCCc1nc2c(N)nc3ccccc3c2n1Cc1cccc(CNCCC(=O)C2OC(OC3C(O)C(CO)OC(OC)C3NC(C)=O)C(O)C(O)C2OC)c1. The van der Waals surface area contributed by atoms with Gasteiger partial charge in [0.05, 0.1) is 17.6 Å². The molecule has 2 aromatic heterocycles. The molecule has 2 fully saturated rings. The van der Waals surface area contributed by atoms with E-state index in [-0.39, 0.29) is 13.0 Å². The number of nitrogens with one attached hydrogen (secondary N) is 2. The Balaban J connectivity index is 1.11. The van der Waals surface area contributed by atoms with Crippen LogP contribution in [-0.4, -0.2) is 135 Å². The number of fused-ring (bicyclic) bond motifs is 3. The molecule has 17 nitrogen and oxygen atoms in total. The fourth-order valence-corrected chi connectivity index (χ4v) is 7.65. The number of carbonyl (C=O) groups is 2. The minimum Gasteiger partial charge on any atom is -0.394 e. The van der Waals surface area contributed by atoms with Crippen LogP contribution in [0.25, 0.3) is 21.9 Å². The second-order valence-corrected chi connectivity index (χ2v) is 14.5. The van der Waals surface area contributed by atoms with E-state index in [0.717, 1.165) is 52.6 Å². The van der Waals surface area contributed by atoms with Crippen molar-refractivity contribution in [2.45, 2.75) is 114 Å². The van der Waals surface area contributed by atoms with Gasteiger partial charge in [0.25, 0.3) is 0 Å². The van der Waals surface area contributed by atoms with E-state index in [9.17, 15) is 30.0 Å². The number of hydrogen-bond acceptors (Lipinski definition) is 15. The van der Waals surface area contributed by atoms with Gasteiger partial charge < -0.3 is 65.0 Å². The Morgan fingerprint density at radius 2 is 1.72 bits per heavy atom. The lowest BCUT2D eigenvalue weighted by Crippen LogP contribution is -2.68. The molecule has 2 aliphatic heterocycles. The predicted molar refractivity (Wildman–Crippen MR) is 208 cm³/mol. The highest BCUT2D eigenvalue weighted by molar-refractivity contribution is 6.06. The van der Waals surface area contributed by atoms with Crippen LogP contribution >= 0.6 is 0 Å². The number of nitrogen functional groups attached to an aromatic ring is 1. The molecule has 0 bridgehead atoms. The Labute approximate surface area is 330 Å².